The summed E-state index contributed by atoms with van der Waals surface area (Å²) < 4.78 is 10.1. The van der Waals surface area contributed by atoms with E-state index in [0.717, 1.165) is 10.5 Å². The number of fused-ring (bicyclic) bond motifs is 1. The molecule has 2 aromatic carbocycles. The minimum Gasteiger partial charge on any atom is -0.495 e. The summed E-state index contributed by atoms with van der Waals surface area (Å²) in [7, 11) is 2.68. The van der Waals surface area contributed by atoms with Crippen LogP contribution < -0.4 is 14.6 Å². The van der Waals surface area contributed by atoms with Gasteiger partial charge in [-0.2, -0.15) is 5.10 Å². The van der Waals surface area contributed by atoms with Crippen LogP contribution in [0.3, 0.4) is 0 Å². The van der Waals surface area contributed by atoms with E-state index in [1.54, 1.807) is 30.3 Å². The SMILES string of the molecule is COC(=O)C1=NN(c2cccc(C)c2)[C@@H]2C(=O)N(c3ccccc3OC)C(=O)[C@@H]12. The fourth-order valence-electron chi connectivity index (χ4n) is 3.72. The molecule has 0 radical (unpaired) electrons. The standard InChI is InChI=1S/C21H19N3O5/c1-12-7-6-8-13(11-12)24-18-16(17(22-24)21(27)29-3)19(25)23(20(18)26)14-9-4-5-10-15(14)28-2/h4-11,16,18H,1-3H3/t16-,18-/m0/s1. The number of rotatable bonds is 4. The van der Waals surface area contributed by atoms with Crippen molar-refractivity contribution in [2.75, 3.05) is 24.1 Å². The second kappa shape index (κ2) is 7.05. The van der Waals surface area contributed by atoms with Gasteiger partial charge in [-0.1, -0.05) is 24.3 Å². The summed E-state index contributed by atoms with van der Waals surface area (Å²) in [6.45, 7) is 1.91. The topological polar surface area (TPSA) is 88.5 Å². The van der Waals surface area contributed by atoms with E-state index in [9.17, 15) is 14.4 Å². The molecule has 29 heavy (non-hydrogen) atoms. The number of hydrogen-bond donors (Lipinski definition) is 0. The summed E-state index contributed by atoms with van der Waals surface area (Å²) in [6, 6.07) is 13.1. The summed E-state index contributed by atoms with van der Waals surface area (Å²) in [5, 5.41) is 5.73. The fraction of sp³-hybridized carbons (Fsp3) is 0.238. The lowest BCUT2D eigenvalue weighted by molar-refractivity contribution is -0.133. The van der Waals surface area contributed by atoms with Crippen molar-refractivity contribution in [3.8, 4) is 5.75 Å². The van der Waals surface area contributed by atoms with E-state index in [0.29, 0.717) is 17.1 Å². The van der Waals surface area contributed by atoms with Crippen LogP contribution in [-0.2, 0) is 19.1 Å². The second-order valence-corrected chi connectivity index (χ2v) is 6.77. The van der Waals surface area contributed by atoms with Crippen LogP contribution in [0.2, 0.25) is 0 Å². The van der Waals surface area contributed by atoms with Crippen LogP contribution in [0.1, 0.15) is 5.56 Å². The van der Waals surface area contributed by atoms with Gasteiger partial charge in [0.15, 0.2) is 5.71 Å². The second-order valence-electron chi connectivity index (χ2n) is 6.77. The fourth-order valence-corrected chi connectivity index (χ4v) is 3.72. The van der Waals surface area contributed by atoms with Crippen LogP contribution in [0.4, 0.5) is 11.4 Å². The molecule has 1 saturated heterocycles. The molecule has 0 saturated carbocycles. The van der Waals surface area contributed by atoms with E-state index < -0.39 is 29.7 Å². The molecule has 0 spiro atoms. The number of esters is 1. The summed E-state index contributed by atoms with van der Waals surface area (Å²) in [4.78, 5) is 40.0. The van der Waals surface area contributed by atoms with E-state index in [1.807, 2.05) is 25.1 Å². The van der Waals surface area contributed by atoms with Crippen LogP contribution >= 0.6 is 0 Å². The van der Waals surface area contributed by atoms with Crippen LogP contribution in [0.15, 0.2) is 53.6 Å². The van der Waals surface area contributed by atoms with Crippen molar-refractivity contribution >= 4 is 34.9 Å². The largest absolute Gasteiger partial charge is 0.495 e. The first-order valence-corrected chi connectivity index (χ1v) is 9.01. The number of carbonyl (C=O) groups is 3. The molecule has 2 aliphatic rings. The Morgan fingerprint density at radius 2 is 1.79 bits per heavy atom. The van der Waals surface area contributed by atoms with Crippen molar-refractivity contribution in [3.63, 3.8) is 0 Å². The third-order valence-electron chi connectivity index (χ3n) is 5.04. The molecule has 2 heterocycles. The maximum atomic E-state index is 13.4. The molecule has 2 aromatic rings. The Kier molecular flexibility index (Phi) is 4.54. The van der Waals surface area contributed by atoms with Crippen LogP contribution in [0.25, 0.3) is 0 Å². The number of aryl methyl sites for hydroxylation is 1. The molecule has 0 aliphatic carbocycles. The number of amides is 2. The van der Waals surface area contributed by atoms with Crippen molar-refractivity contribution < 1.29 is 23.9 Å². The number of carbonyl (C=O) groups excluding carboxylic acids is 3. The number of para-hydroxylation sites is 2. The number of imide groups is 1. The van der Waals surface area contributed by atoms with Gasteiger partial charge in [0.1, 0.15) is 17.7 Å². The van der Waals surface area contributed by atoms with Crippen molar-refractivity contribution in [1.29, 1.82) is 0 Å². The zero-order valence-electron chi connectivity index (χ0n) is 16.2. The quantitative estimate of drug-likeness (QED) is 0.582. The Morgan fingerprint density at radius 1 is 1.03 bits per heavy atom. The Bertz CT molecular complexity index is 1050. The van der Waals surface area contributed by atoms with Gasteiger partial charge in [-0.25, -0.2) is 9.69 Å². The Morgan fingerprint density at radius 3 is 2.48 bits per heavy atom. The first-order valence-electron chi connectivity index (χ1n) is 9.01. The summed E-state index contributed by atoms with van der Waals surface area (Å²) >= 11 is 0. The predicted octanol–water partition coefficient (Wildman–Crippen LogP) is 1.91. The Labute approximate surface area is 167 Å². The number of methoxy groups -OCH3 is 2. The van der Waals surface area contributed by atoms with Crippen LogP contribution in [0.5, 0.6) is 5.75 Å². The smallest absolute Gasteiger partial charge is 0.355 e. The summed E-state index contributed by atoms with van der Waals surface area (Å²) in [6.07, 6.45) is 0. The molecule has 1 fully saturated rings. The van der Waals surface area contributed by atoms with Gasteiger partial charge in [0.25, 0.3) is 5.91 Å². The lowest BCUT2D eigenvalue weighted by Gasteiger charge is -2.23. The molecule has 148 valence electrons. The third kappa shape index (κ3) is 2.84. The van der Waals surface area contributed by atoms with Gasteiger partial charge in [0.2, 0.25) is 5.91 Å². The molecule has 2 atom stereocenters. The molecular weight excluding hydrogens is 374 g/mol. The molecule has 0 aromatic heterocycles. The number of hydrogen-bond acceptors (Lipinski definition) is 7. The summed E-state index contributed by atoms with van der Waals surface area (Å²) in [5.74, 6) is -2.43. The van der Waals surface area contributed by atoms with Crippen LogP contribution in [-0.4, -0.2) is 43.8 Å². The van der Waals surface area contributed by atoms with E-state index in [4.69, 9.17) is 9.47 Å². The monoisotopic (exact) mass is 393 g/mol. The van der Waals surface area contributed by atoms with Gasteiger partial charge in [-0.3, -0.25) is 14.6 Å². The minimum atomic E-state index is -1.06. The average molecular weight is 393 g/mol. The molecule has 0 unspecified atom stereocenters. The zero-order valence-corrected chi connectivity index (χ0v) is 16.2. The van der Waals surface area contributed by atoms with E-state index >= 15 is 0 Å². The lowest BCUT2D eigenvalue weighted by atomic mass is 9.97. The molecule has 0 bridgehead atoms. The number of ether oxygens (including phenoxy) is 2. The number of hydrazone groups is 1. The van der Waals surface area contributed by atoms with Crippen molar-refractivity contribution in [3.05, 3.63) is 54.1 Å². The average Bonchev–Trinajstić information content (AvgIpc) is 3.24. The van der Waals surface area contributed by atoms with Gasteiger partial charge in [0.05, 0.1) is 25.6 Å². The van der Waals surface area contributed by atoms with E-state index in [-0.39, 0.29) is 5.71 Å². The molecule has 8 heteroatoms. The molecule has 4 rings (SSSR count). The Balaban J connectivity index is 1.83. The van der Waals surface area contributed by atoms with Crippen molar-refractivity contribution in [2.45, 2.75) is 13.0 Å². The molecule has 0 N–H and O–H groups in total. The maximum Gasteiger partial charge on any atom is 0.355 e. The molecule has 2 aliphatic heterocycles. The lowest BCUT2D eigenvalue weighted by Crippen LogP contribution is -2.39. The van der Waals surface area contributed by atoms with Gasteiger partial charge in [-0.15, -0.1) is 0 Å². The highest BCUT2D eigenvalue weighted by molar-refractivity contribution is 6.47. The number of anilines is 2. The van der Waals surface area contributed by atoms with Crippen LogP contribution in [0, 0.1) is 12.8 Å². The normalized spacial score (nSPS) is 20.6. The highest BCUT2D eigenvalue weighted by atomic mass is 16.5. The molecule has 2 amide bonds. The summed E-state index contributed by atoms with van der Waals surface area (Å²) in [5.41, 5.74) is 1.81. The minimum absolute atomic E-state index is 0.0882. The highest BCUT2D eigenvalue weighted by Gasteiger charge is 2.59. The highest BCUT2D eigenvalue weighted by Crippen LogP contribution is 2.40. The van der Waals surface area contributed by atoms with Gasteiger partial charge in [0, 0.05) is 0 Å². The predicted molar refractivity (Wildman–Crippen MR) is 106 cm³/mol. The maximum absolute atomic E-state index is 13.4. The van der Waals surface area contributed by atoms with Crippen molar-refractivity contribution in [1.82, 2.24) is 0 Å². The van der Waals surface area contributed by atoms with E-state index in [2.05, 4.69) is 5.10 Å². The van der Waals surface area contributed by atoms with Crippen molar-refractivity contribution in [2.24, 2.45) is 11.0 Å². The van der Waals surface area contributed by atoms with E-state index in [1.165, 1.54) is 19.2 Å². The first kappa shape index (κ1) is 18.7. The first-order chi connectivity index (χ1) is 14.0. The number of benzene rings is 2. The van der Waals surface area contributed by atoms with Gasteiger partial charge in [-0.05, 0) is 36.8 Å². The number of nitrogens with zero attached hydrogens (tertiary/aromatic N) is 3. The Hall–Kier alpha value is -3.68. The van der Waals surface area contributed by atoms with Gasteiger partial charge < -0.3 is 9.47 Å². The third-order valence-corrected chi connectivity index (χ3v) is 5.04. The van der Waals surface area contributed by atoms with Gasteiger partial charge >= 0.3 is 5.97 Å². The molecule has 8 nitrogen and oxygen atoms in total. The molecular formula is C21H19N3O5. The zero-order chi connectivity index (χ0) is 20.7.